The molecule has 0 radical (unpaired) electrons. The van der Waals surface area contributed by atoms with Crippen LogP contribution >= 0.6 is 0 Å². The van der Waals surface area contributed by atoms with Crippen LogP contribution in [-0.4, -0.2) is 13.0 Å². The number of rotatable bonds is 3. The third-order valence-electron chi connectivity index (χ3n) is 6.16. The summed E-state index contributed by atoms with van der Waals surface area (Å²) in [4.78, 5) is 11.5. The highest BCUT2D eigenvalue weighted by molar-refractivity contribution is 5.93. The van der Waals surface area contributed by atoms with Crippen molar-refractivity contribution in [2.45, 2.75) is 46.6 Å². The number of carbonyl (C=O) groups is 1. The van der Waals surface area contributed by atoms with Crippen molar-refractivity contribution >= 4 is 11.6 Å². The molecule has 1 amide bonds. The Morgan fingerprint density at radius 1 is 1.19 bits per heavy atom. The van der Waals surface area contributed by atoms with Crippen LogP contribution in [0.3, 0.4) is 0 Å². The first-order chi connectivity index (χ1) is 9.79. The van der Waals surface area contributed by atoms with Crippen LogP contribution in [0.15, 0.2) is 18.2 Å². The zero-order valence-electron chi connectivity index (χ0n) is 13.7. The van der Waals surface area contributed by atoms with Gasteiger partial charge in [-0.3, -0.25) is 4.79 Å². The Kier molecular flexibility index (Phi) is 3.17. The number of anilines is 1. The molecule has 1 aromatic rings. The molecule has 1 aliphatic heterocycles. The third kappa shape index (κ3) is 2.10. The lowest BCUT2D eigenvalue weighted by Crippen LogP contribution is -2.23. The first kappa shape index (κ1) is 14.6. The summed E-state index contributed by atoms with van der Waals surface area (Å²) in [5, 5.41) is 6.48. The monoisotopic (exact) mass is 286 g/mol. The molecular weight excluding hydrogens is 260 g/mol. The van der Waals surface area contributed by atoms with Crippen LogP contribution in [0.2, 0.25) is 0 Å². The fourth-order valence-electron chi connectivity index (χ4n) is 4.20. The Bertz CT molecular complexity index is 575. The van der Waals surface area contributed by atoms with E-state index in [9.17, 15) is 4.79 Å². The van der Waals surface area contributed by atoms with E-state index >= 15 is 0 Å². The van der Waals surface area contributed by atoms with Gasteiger partial charge in [-0.05, 0) is 47.4 Å². The lowest BCUT2D eigenvalue weighted by atomic mass is 9.92. The average molecular weight is 286 g/mol. The fourth-order valence-corrected chi connectivity index (χ4v) is 4.20. The summed E-state index contributed by atoms with van der Waals surface area (Å²) >= 11 is 0. The summed E-state index contributed by atoms with van der Waals surface area (Å²) in [5.41, 5.74) is 4.30. The van der Waals surface area contributed by atoms with E-state index in [0.717, 1.165) is 12.1 Å². The Morgan fingerprint density at radius 3 is 2.43 bits per heavy atom. The number of amides is 1. The molecule has 0 bridgehead atoms. The van der Waals surface area contributed by atoms with Gasteiger partial charge in [-0.15, -0.1) is 0 Å². The highest BCUT2D eigenvalue weighted by Crippen LogP contribution is 2.72. The van der Waals surface area contributed by atoms with Gasteiger partial charge in [-0.2, -0.15) is 0 Å². The second kappa shape index (κ2) is 4.57. The normalized spacial score (nSPS) is 24.1. The average Bonchev–Trinajstić information content (AvgIpc) is 2.82. The van der Waals surface area contributed by atoms with Gasteiger partial charge in [0, 0.05) is 18.2 Å². The summed E-state index contributed by atoms with van der Waals surface area (Å²) in [7, 11) is 2.05. The SMILES string of the molecule is CNC(c1ccc2c(c1)CCC(=O)N2)C1C(C)(C)C1(C)C. The predicted octanol–water partition coefficient (Wildman–Crippen LogP) is 3.51. The molecule has 0 saturated heterocycles. The van der Waals surface area contributed by atoms with Gasteiger partial charge in [0.15, 0.2) is 0 Å². The Labute approximate surface area is 127 Å². The maximum atomic E-state index is 11.5. The van der Waals surface area contributed by atoms with Crippen molar-refractivity contribution in [3.63, 3.8) is 0 Å². The predicted molar refractivity (Wildman–Crippen MR) is 86.2 cm³/mol. The van der Waals surface area contributed by atoms with Crippen molar-refractivity contribution in [2.75, 3.05) is 12.4 Å². The molecule has 2 N–H and O–H groups in total. The van der Waals surface area contributed by atoms with Crippen LogP contribution in [0, 0.1) is 16.7 Å². The highest BCUT2D eigenvalue weighted by Gasteiger charge is 2.67. The van der Waals surface area contributed by atoms with Crippen molar-refractivity contribution in [1.82, 2.24) is 5.32 Å². The van der Waals surface area contributed by atoms with Crippen LogP contribution in [0.4, 0.5) is 5.69 Å². The first-order valence-electron chi connectivity index (χ1n) is 7.89. The largest absolute Gasteiger partial charge is 0.326 e. The number of hydrogen-bond acceptors (Lipinski definition) is 2. The second-order valence-corrected chi connectivity index (χ2v) is 7.65. The molecule has 3 nitrogen and oxygen atoms in total. The van der Waals surface area contributed by atoms with E-state index in [1.807, 2.05) is 0 Å². The van der Waals surface area contributed by atoms with E-state index < -0.39 is 0 Å². The van der Waals surface area contributed by atoms with Gasteiger partial charge in [0.25, 0.3) is 0 Å². The van der Waals surface area contributed by atoms with Crippen molar-refractivity contribution in [2.24, 2.45) is 16.7 Å². The van der Waals surface area contributed by atoms with Crippen molar-refractivity contribution < 1.29 is 4.79 Å². The highest BCUT2D eigenvalue weighted by atomic mass is 16.1. The van der Waals surface area contributed by atoms with E-state index in [4.69, 9.17) is 0 Å². The molecule has 1 aliphatic carbocycles. The smallest absolute Gasteiger partial charge is 0.224 e. The van der Waals surface area contributed by atoms with Gasteiger partial charge in [0.05, 0.1) is 0 Å². The minimum absolute atomic E-state index is 0.130. The standard InChI is InChI=1S/C18H26N2O/c1-17(2)16(18(17,3)4)15(19-5)12-6-8-13-11(10-12)7-9-14(21)20-13/h6,8,10,15-16,19H,7,9H2,1-5H3,(H,20,21). The Morgan fingerprint density at radius 2 is 1.86 bits per heavy atom. The molecule has 3 heteroatoms. The van der Waals surface area contributed by atoms with Gasteiger partial charge in [0.2, 0.25) is 5.91 Å². The molecule has 0 spiro atoms. The third-order valence-corrected chi connectivity index (χ3v) is 6.16. The van der Waals surface area contributed by atoms with Crippen LogP contribution in [0.1, 0.15) is 51.3 Å². The molecule has 1 aromatic carbocycles. The van der Waals surface area contributed by atoms with Crippen molar-refractivity contribution in [3.8, 4) is 0 Å². The molecule has 0 aromatic heterocycles. The quantitative estimate of drug-likeness (QED) is 0.892. The molecule has 1 heterocycles. The summed E-state index contributed by atoms with van der Waals surface area (Å²) in [6.07, 6.45) is 1.45. The molecule has 1 unspecified atom stereocenters. The maximum absolute atomic E-state index is 11.5. The number of benzene rings is 1. The van der Waals surface area contributed by atoms with E-state index in [2.05, 4.69) is 63.6 Å². The van der Waals surface area contributed by atoms with Crippen LogP contribution in [0.5, 0.6) is 0 Å². The molecule has 114 valence electrons. The molecule has 1 saturated carbocycles. The molecule has 1 atom stereocenters. The van der Waals surface area contributed by atoms with Gasteiger partial charge in [0.1, 0.15) is 0 Å². The lowest BCUT2D eigenvalue weighted by molar-refractivity contribution is -0.116. The van der Waals surface area contributed by atoms with E-state index in [1.54, 1.807) is 0 Å². The molecular formula is C18H26N2O. The summed E-state index contributed by atoms with van der Waals surface area (Å²) in [6.45, 7) is 9.45. The molecule has 2 aliphatic rings. The van der Waals surface area contributed by atoms with Gasteiger partial charge < -0.3 is 10.6 Å². The topological polar surface area (TPSA) is 41.1 Å². The van der Waals surface area contributed by atoms with Crippen LogP contribution < -0.4 is 10.6 Å². The maximum Gasteiger partial charge on any atom is 0.224 e. The molecule has 1 fully saturated rings. The molecule has 3 rings (SSSR count). The number of aryl methyl sites for hydroxylation is 1. The van der Waals surface area contributed by atoms with Crippen LogP contribution in [0.25, 0.3) is 0 Å². The zero-order chi connectivity index (χ0) is 15.4. The van der Waals surface area contributed by atoms with E-state index in [-0.39, 0.29) is 5.91 Å². The summed E-state index contributed by atoms with van der Waals surface area (Å²) in [6, 6.07) is 6.88. The molecule has 21 heavy (non-hydrogen) atoms. The van der Waals surface area contributed by atoms with Crippen LogP contribution in [-0.2, 0) is 11.2 Å². The minimum atomic E-state index is 0.130. The minimum Gasteiger partial charge on any atom is -0.326 e. The van der Waals surface area contributed by atoms with Crippen molar-refractivity contribution in [1.29, 1.82) is 0 Å². The zero-order valence-corrected chi connectivity index (χ0v) is 13.7. The van der Waals surface area contributed by atoms with Gasteiger partial charge in [-0.1, -0.05) is 39.8 Å². The van der Waals surface area contributed by atoms with Gasteiger partial charge in [-0.25, -0.2) is 0 Å². The lowest BCUT2D eigenvalue weighted by Gasteiger charge is -2.23. The summed E-state index contributed by atoms with van der Waals surface area (Å²) < 4.78 is 0. The number of fused-ring (bicyclic) bond motifs is 1. The number of hydrogen-bond donors (Lipinski definition) is 2. The number of carbonyl (C=O) groups excluding carboxylic acids is 1. The van der Waals surface area contributed by atoms with Gasteiger partial charge >= 0.3 is 0 Å². The summed E-state index contributed by atoms with van der Waals surface area (Å²) in [5.74, 6) is 0.760. The van der Waals surface area contributed by atoms with E-state index in [1.165, 1.54) is 11.1 Å². The Hall–Kier alpha value is -1.35. The number of nitrogens with one attached hydrogen (secondary N) is 2. The van der Waals surface area contributed by atoms with E-state index in [0.29, 0.717) is 29.2 Å². The fraction of sp³-hybridized carbons (Fsp3) is 0.611. The second-order valence-electron chi connectivity index (χ2n) is 7.65. The first-order valence-corrected chi connectivity index (χ1v) is 7.89. The van der Waals surface area contributed by atoms with Crippen molar-refractivity contribution in [3.05, 3.63) is 29.3 Å². The Balaban J connectivity index is 1.91.